The van der Waals surface area contributed by atoms with Gasteiger partial charge in [-0.1, -0.05) is 19.3 Å². The summed E-state index contributed by atoms with van der Waals surface area (Å²) in [6.45, 7) is -0.501. The number of amides is 2. The predicted molar refractivity (Wildman–Crippen MR) is 107 cm³/mol. The number of methoxy groups -OCH3 is 1. The number of carbonyl (C=O) groups excluding carboxylic acids is 2. The van der Waals surface area contributed by atoms with Crippen LogP contribution in [-0.4, -0.2) is 42.7 Å². The second kappa shape index (κ2) is 9.56. The highest BCUT2D eigenvalue weighted by Gasteiger charge is 2.24. The lowest BCUT2D eigenvalue weighted by Gasteiger charge is -2.25. The van der Waals surface area contributed by atoms with Gasteiger partial charge in [-0.2, -0.15) is 0 Å². The molecule has 0 radical (unpaired) electrons. The fourth-order valence-corrected chi connectivity index (χ4v) is 3.64. The Bertz CT molecular complexity index is 932. The first-order valence-electron chi connectivity index (χ1n) is 9.81. The molecule has 0 saturated heterocycles. The normalized spacial score (nSPS) is 15.7. The van der Waals surface area contributed by atoms with Gasteiger partial charge in [-0.15, -0.1) is 0 Å². The van der Waals surface area contributed by atoms with E-state index in [9.17, 15) is 19.5 Å². The van der Waals surface area contributed by atoms with Crippen LogP contribution in [0.3, 0.4) is 0 Å². The van der Waals surface area contributed by atoms with Gasteiger partial charge < -0.3 is 24.9 Å². The summed E-state index contributed by atoms with van der Waals surface area (Å²) in [5.41, 5.74) is 0.205. The van der Waals surface area contributed by atoms with E-state index in [0.29, 0.717) is 22.3 Å². The van der Waals surface area contributed by atoms with E-state index in [0.717, 1.165) is 32.1 Å². The number of carbonyl (C=O) groups is 2. The molecule has 3 N–H and O–H groups in total. The van der Waals surface area contributed by atoms with Crippen molar-refractivity contribution in [3.8, 4) is 5.75 Å². The summed E-state index contributed by atoms with van der Waals surface area (Å²) < 4.78 is 10.3. The molecular formula is C21H26N2O6. The third kappa shape index (κ3) is 5.35. The molecule has 1 atom stereocenters. The van der Waals surface area contributed by atoms with Crippen molar-refractivity contribution in [3.63, 3.8) is 0 Å². The van der Waals surface area contributed by atoms with E-state index in [4.69, 9.17) is 9.15 Å². The number of fused-ring (bicyclic) bond motifs is 1. The second-order valence-electron chi connectivity index (χ2n) is 7.28. The van der Waals surface area contributed by atoms with Crippen molar-refractivity contribution in [1.82, 2.24) is 10.6 Å². The van der Waals surface area contributed by atoms with Crippen LogP contribution in [0.4, 0.5) is 0 Å². The molecule has 0 aliphatic heterocycles. The zero-order valence-corrected chi connectivity index (χ0v) is 16.4. The van der Waals surface area contributed by atoms with Crippen LogP contribution in [0.15, 0.2) is 33.5 Å². The number of hydrogen-bond acceptors (Lipinski definition) is 6. The Morgan fingerprint density at radius 2 is 2.00 bits per heavy atom. The largest absolute Gasteiger partial charge is 0.497 e. The molecule has 1 aliphatic carbocycles. The molecule has 0 bridgehead atoms. The summed E-state index contributed by atoms with van der Waals surface area (Å²) in [6.07, 6.45) is 4.99. The van der Waals surface area contributed by atoms with Crippen LogP contribution in [0.2, 0.25) is 0 Å². The minimum absolute atomic E-state index is 0.0832. The zero-order valence-electron chi connectivity index (χ0n) is 16.4. The van der Waals surface area contributed by atoms with E-state index in [2.05, 4.69) is 10.6 Å². The van der Waals surface area contributed by atoms with Crippen LogP contribution in [-0.2, 0) is 16.0 Å². The minimum atomic E-state index is -1.03. The van der Waals surface area contributed by atoms with Crippen LogP contribution in [0.25, 0.3) is 11.0 Å². The summed E-state index contributed by atoms with van der Waals surface area (Å²) in [7, 11) is 1.50. The number of hydrogen-bond donors (Lipinski definition) is 3. The van der Waals surface area contributed by atoms with E-state index < -0.39 is 30.1 Å². The Labute approximate surface area is 168 Å². The monoisotopic (exact) mass is 402 g/mol. The summed E-state index contributed by atoms with van der Waals surface area (Å²) in [5.74, 6) is -0.331. The van der Waals surface area contributed by atoms with Crippen LogP contribution >= 0.6 is 0 Å². The fourth-order valence-electron chi connectivity index (χ4n) is 3.64. The lowest BCUT2D eigenvalue weighted by molar-refractivity contribution is -0.130. The summed E-state index contributed by atoms with van der Waals surface area (Å²) >= 11 is 0. The quantitative estimate of drug-likeness (QED) is 0.601. The van der Waals surface area contributed by atoms with Crippen molar-refractivity contribution in [1.29, 1.82) is 0 Å². The van der Waals surface area contributed by atoms with Crippen molar-refractivity contribution in [2.24, 2.45) is 0 Å². The van der Waals surface area contributed by atoms with Crippen LogP contribution in [0.5, 0.6) is 5.75 Å². The summed E-state index contributed by atoms with van der Waals surface area (Å²) in [4.78, 5) is 36.7. The van der Waals surface area contributed by atoms with Crippen LogP contribution < -0.4 is 21.0 Å². The molecule has 1 aromatic carbocycles. The molecule has 1 aliphatic rings. The first-order chi connectivity index (χ1) is 14.0. The third-order valence-electron chi connectivity index (χ3n) is 5.17. The highest BCUT2D eigenvalue weighted by molar-refractivity contribution is 5.91. The number of benzene rings is 1. The van der Waals surface area contributed by atoms with Crippen LogP contribution in [0.1, 0.15) is 37.7 Å². The number of nitrogens with one attached hydrogen (secondary N) is 2. The second-order valence-corrected chi connectivity index (χ2v) is 7.28. The maximum Gasteiger partial charge on any atom is 0.336 e. The minimum Gasteiger partial charge on any atom is -0.497 e. The van der Waals surface area contributed by atoms with Crippen molar-refractivity contribution in [2.45, 2.75) is 50.6 Å². The van der Waals surface area contributed by atoms with Gasteiger partial charge in [0.25, 0.3) is 0 Å². The van der Waals surface area contributed by atoms with E-state index in [1.165, 1.54) is 13.2 Å². The number of ether oxygens (including phenoxy) is 1. The first kappa shape index (κ1) is 20.9. The zero-order chi connectivity index (χ0) is 20.8. The molecule has 8 nitrogen and oxygen atoms in total. The van der Waals surface area contributed by atoms with Gasteiger partial charge in [0.2, 0.25) is 11.8 Å². The Balaban J connectivity index is 1.68. The number of aliphatic hydroxyl groups excluding tert-OH is 1. The van der Waals surface area contributed by atoms with Gasteiger partial charge in [-0.05, 0) is 30.5 Å². The van der Waals surface area contributed by atoms with Gasteiger partial charge in [0.05, 0.1) is 20.1 Å². The number of aliphatic hydroxyl groups is 1. The van der Waals surface area contributed by atoms with Crippen molar-refractivity contribution in [3.05, 3.63) is 40.2 Å². The molecule has 3 rings (SSSR count). The Morgan fingerprint density at radius 3 is 2.69 bits per heavy atom. The lowest BCUT2D eigenvalue weighted by Crippen LogP contribution is -2.52. The molecule has 1 unspecified atom stereocenters. The standard InChI is InChI=1S/C21H26N2O6/c1-28-15-7-8-16-13(10-20(26)29-18(16)11-15)9-19(25)23-17(12-24)21(27)22-14-5-3-2-4-6-14/h7-8,10-11,14,17,24H,2-6,9,12H2,1H3,(H,22,27)(H,23,25). The van der Waals surface area contributed by atoms with Gasteiger partial charge in [-0.3, -0.25) is 9.59 Å². The molecule has 1 saturated carbocycles. The molecule has 2 aromatic rings. The fraction of sp³-hybridized carbons (Fsp3) is 0.476. The van der Waals surface area contributed by atoms with E-state index in [1.54, 1.807) is 18.2 Å². The van der Waals surface area contributed by atoms with Gasteiger partial charge in [0, 0.05) is 23.6 Å². The van der Waals surface area contributed by atoms with Crippen molar-refractivity contribution in [2.75, 3.05) is 13.7 Å². The third-order valence-corrected chi connectivity index (χ3v) is 5.17. The highest BCUT2D eigenvalue weighted by atomic mass is 16.5. The molecule has 0 spiro atoms. The Hall–Kier alpha value is -2.87. The van der Waals surface area contributed by atoms with Gasteiger partial charge >= 0.3 is 5.63 Å². The average Bonchev–Trinajstić information content (AvgIpc) is 2.72. The molecule has 156 valence electrons. The van der Waals surface area contributed by atoms with E-state index in [-0.39, 0.29) is 12.5 Å². The van der Waals surface area contributed by atoms with Gasteiger partial charge in [-0.25, -0.2) is 4.79 Å². The Morgan fingerprint density at radius 1 is 1.24 bits per heavy atom. The van der Waals surface area contributed by atoms with Gasteiger partial charge in [0.15, 0.2) is 0 Å². The predicted octanol–water partition coefficient (Wildman–Crippen LogP) is 1.27. The smallest absolute Gasteiger partial charge is 0.336 e. The molecule has 1 fully saturated rings. The molecule has 29 heavy (non-hydrogen) atoms. The topological polar surface area (TPSA) is 118 Å². The van der Waals surface area contributed by atoms with Crippen LogP contribution in [0, 0.1) is 0 Å². The van der Waals surface area contributed by atoms with E-state index in [1.807, 2.05) is 0 Å². The van der Waals surface area contributed by atoms with Crippen molar-refractivity contribution < 1.29 is 23.8 Å². The summed E-state index contributed by atoms with van der Waals surface area (Å²) in [5, 5.41) is 15.6. The SMILES string of the molecule is COc1ccc2c(CC(=O)NC(CO)C(=O)NC3CCCCC3)cc(=O)oc2c1. The summed E-state index contributed by atoms with van der Waals surface area (Å²) in [6, 6.07) is 5.30. The van der Waals surface area contributed by atoms with E-state index >= 15 is 0 Å². The first-order valence-corrected chi connectivity index (χ1v) is 9.81. The highest BCUT2D eigenvalue weighted by Crippen LogP contribution is 2.23. The molecule has 8 heteroatoms. The molecule has 1 heterocycles. The average molecular weight is 402 g/mol. The number of rotatable bonds is 7. The van der Waals surface area contributed by atoms with Crippen molar-refractivity contribution >= 4 is 22.8 Å². The van der Waals surface area contributed by atoms with Gasteiger partial charge in [0.1, 0.15) is 17.4 Å². The maximum atomic E-state index is 12.5. The Kier molecular flexibility index (Phi) is 6.87. The maximum absolute atomic E-state index is 12.5. The molecule has 2 amide bonds. The molecule has 1 aromatic heterocycles. The lowest BCUT2D eigenvalue weighted by atomic mass is 9.95. The molecular weight excluding hydrogens is 376 g/mol.